The van der Waals surface area contributed by atoms with Crippen LogP contribution >= 0.6 is 11.6 Å². The van der Waals surface area contributed by atoms with Gasteiger partial charge in [-0.15, -0.1) is 0 Å². The van der Waals surface area contributed by atoms with Crippen LogP contribution in [-0.2, 0) is 4.79 Å². The molecule has 1 amide bonds. The molecule has 210 valence electrons. The van der Waals surface area contributed by atoms with Crippen LogP contribution < -0.4 is 15.5 Å². The predicted octanol–water partition coefficient (Wildman–Crippen LogP) is 4.67. The van der Waals surface area contributed by atoms with E-state index in [-0.39, 0.29) is 47.6 Å². The summed E-state index contributed by atoms with van der Waals surface area (Å²) in [5.74, 6) is 0.383. The fourth-order valence-corrected chi connectivity index (χ4v) is 6.01. The number of nitrogens with two attached hydrogens (primary N) is 1. The highest BCUT2D eigenvalue weighted by Gasteiger charge is 2.35. The molecule has 4 aromatic rings. The van der Waals surface area contributed by atoms with E-state index in [4.69, 9.17) is 27.3 Å². The molecular formula is C29H34ClFN8O. The van der Waals surface area contributed by atoms with E-state index in [1.54, 1.807) is 17.2 Å². The van der Waals surface area contributed by atoms with E-state index in [0.717, 1.165) is 10.9 Å². The molecule has 0 radical (unpaired) electrons. The molecule has 4 heterocycles. The van der Waals surface area contributed by atoms with E-state index >= 15 is 4.39 Å². The van der Waals surface area contributed by atoms with Crippen LogP contribution in [0.1, 0.15) is 26.8 Å². The molecular weight excluding hydrogens is 531 g/mol. The maximum absolute atomic E-state index is 16.7. The highest BCUT2D eigenvalue weighted by molar-refractivity contribution is 6.35. The summed E-state index contributed by atoms with van der Waals surface area (Å²) in [5, 5.41) is 8.79. The number of rotatable bonds is 4. The molecule has 40 heavy (non-hydrogen) atoms. The minimum Gasteiger partial charge on any atom is -0.349 e. The summed E-state index contributed by atoms with van der Waals surface area (Å²) in [5.41, 5.74) is 8.74. The number of amides is 1. The maximum atomic E-state index is 16.7. The van der Waals surface area contributed by atoms with Gasteiger partial charge in [0.1, 0.15) is 11.3 Å². The lowest BCUT2D eigenvalue weighted by molar-refractivity contribution is -0.128. The van der Waals surface area contributed by atoms with Crippen molar-refractivity contribution in [3.63, 3.8) is 0 Å². The number of nitrogens with zero attached hydrogens (tertiary/aromatic N) is 6. The van der Waals surface area contributed by atoms with Gasteiger partial charge in [0.2, 0.25) is 11.9 Å². The van der Waals surface area contributed by atoms with E-state index in [1.165, 1.54) is 6.08 Å². The lowest BCUT2D eigenvalue weighted by Gasteiger charge is -2.45. The third kappa shape index (κ3) is 4.35. The minimum atomic E-state index is -0.515. The first kappa shape index (κ1) is 27.8. The molecule has 0 bridgehead atoms. The Morgan fingerprint density at radius 2 is 1.93 bits per heavy atom. The van der Waals surface area contributed by atoms with Crippen LogP contribution in [0.15, 0.2) is 37.1 Å². The van der Waals surface area contributed by atoms with E-state index in [9.17, 15) is 4.79 Å². The number of fused-ring (bicyclic) bond motifs is 2. The highest BCUT2D eigenvalue weighted by Crippen LogP contribution is 2.42. The summed E-state index contributed by atoms with van der Waals surface area (Å²) in [6.07, 6.45) is 3.04. The van der Waals surface area contributed by atoms with Gasteiger partial charge in [-0.3, -0.25) is 9.89 Å². The first-order chi connectivity index (χ1) is 18.7. The Balaban J connectivity index is 0.00000323. The molecule has 9 nitrogen and oxygen atoms in total. The van der Waals surface area contributed by atoms with Crippen LogP contribution in [0.3, 0.4) is 0 Å². The number of nitrogens with one attached hydrogen (secondary N) is 1. The Labute approximate surface area is 237 Å². The zero-order valence-electron chi connectivity index (χ0n) is 22.1. The van der Waals surface area contributed by atoms with Crippen molar-refractivity contribution in [3.8, 4) is 11.1 Å². The van der Waals surface area contributed by atoms with E-state index < -0.39 is 5.82 Å². The van der Waals surface area contributed by atoms with Crippen molar-refractivity contribution < 1.29 is 9.18 Å². The number of aryl methyl sites for hydroxylation is 1. The lowest BCUT2D eigenvalue weighted by Crippen LogP contribution is -2.58. The number of carbonyl (C=O) groups excluding carboxylic acids is 1. The quantitative estimate of drug-likeness (QED) is 0.347. The molecule has 2 aromatic heterocycles. The monoisotopic (exact) mass is 564 g/mol. The molecule has 2 aliphatic heterocycles. The van der Waals surface area contributed by atoms with Gasteiger partial charge in [0, 0.05) is 66.2 Å². The molecule has 3 N–H and O–H groups in total. The number of piperazine rings is 1. The van der Waals surface area contributed by atoms with Crippen LogP contribution in [0.5, 0.6) is 0 Å². The zero-order valence-corrected chi connectivity index (χ0v) is 22.8. The fraction of sp³-hybridized carbons (Fsp3) is 0.379. The van der Waals surface area contributed by atoms with Crippen molar-refractivity contribution in [2.45, 2.75) is 46.3 Å². The van der Waals surface area contributed by atoms with Crippen molar-refractivity contribution in [1.82, 2.24) is 25.1 Å². The first-order valence-electron chi connectivity index (χ1n) is 13.0. The summed E-state index contributed by atoms with van der Waals surface area (Å²) in [6.45, 7) is 11.7. The number of aromatic amines is 1. The summed E-state index contributed by atoms with van der Waals surface area (Å²) < 4.78 is 16.7. The minimum absolute atomic E-state index is 0. The molecule has 2 aliphatic rings. The third-order valence-corrected chi connectivity index (χ3v) is 8.13. The molecule has 0 saturated carbocycles. The molecule has 11 heteroatoms. The topological polar surface area (TPSA) is 107 Å². The fourth-order valence-electron chi connectivity index (χ4n) is 5.72. The molecule has 2 fully saturated rings. The Bertz CT molecular complexity index is 1630. The van der Waals surface area contributed by atoms with Gasteiger partial charge in [-0.05, 0) is 38.5 Å². The maximum Gasteiger partial charge on any atom is 0.246 e. The smallest absolute Gasteiger partial charge is 0.246 e. The van der Waals surface area contributed by atoms with E-state index in [1.807, 2.05) is 37.8 Å². The third-order valence-electron chi connectivity index (χ3n) is 7.84. The van der Waals surface area contributed by atoms with Gasteiger partial charge in [-0.1, -0.05) is 37.7 Å². The first-order valence-corrected chi connectivity index (χ1v) is 13.4. The number of halogens is 2. The molecule has 2 aromatic carbocycles. The summed E-state index contributed by atoms with van der Waals surface area (Å²) in [6, 6.07) is 5.46. The number of aromatic nitrogens is 4. The molecule has 2 saturated heterocycles. The van der Waals surface area contributed by atoms with Gasteiger partial charge < -0.3 is 20.4 Å². The average Bonchev–Trinajstić information content (AvgIpc) is 3.37. The molecule has 0 aliphatic carbocycles. The van der Waals surface area contributed by atoms with E-state index in [0.29, 0.717) is 54.4 Å². The molecule has 0 unspecified atom stereocenters. The zero-order chi connectivity index (χ0) is 27.6. The van der Waals surface area contributed by atoms with Gasteiger partial charge in [0.05, 0.1) is 16.7 Å². The highest BCUT2D eigenvalue weighted by atomic mass is 35.5. The Morgan fingerprint density at radius 3 is 2.62 bits per heavy atom. The predicted molar refractivity (Wildman–Crippen MR) is 159 cm³/mol. The standard InChI is InChI=1S/C28H30ClFN8O.CH4/c1-5-21(39)37-10-16(4)38(11-15(37)3)27-19-8-20(29)23(22-14(2)6-7-17-9-32-35-25(17)22)24(30)26(19)33-28(34-27)36-12-18(31)13-36;/h5-9,15-16,18H,1,10-13,31H2,2-4H3,(H,32,35);1H4/t15-,16+;/m1./s1. The molecule has 0 spiro atoms. The number of hydrogen-bond acceptors (Lipinski definition) is 7. The van der Waals surface area contributed by atoms with Gasteiger partial charge >= 0.3 is 0 Å². The van der Waals surface area contributed by atoms with Crippen molar-refractivity contribution in [2.24, 2.45) is 5.73 Å². The average molecular weight is 565 g/mol. The molecule has 2 atom stereocenters. The lowest BCUT2D eigenvalue weighted by atomic mass is 9.96. The van der Waals surface area contributed by atoms with Crippen molar-refractivity contribution in [2.75, 3.05) is 36.0 Å². The van der Waals surface area contributed by atoms with Crippen LogP contribution in [0, 0.1) is 12.7 Å². The normalized spacial score (nSPS) is 19.6. The molecule has 6 rings (SSSR count). The Morgan fingerprint density at radius 1 is 1.18 bits per heavy atom. The van der Waals surface area contributed by atoms with Crippen LogP contribution in [-0.4, -0.2) is 75.3 Å². The number of anilines is 2. The van der Waals surface area contributed by atoms with E-state index in [2.05, 4.69) is 21.7 Å². The van der Waals surface area contributed by atoms with Gasteiger partial charge in [-0.25, -0.2) is 9.37 Å². The summed E-state index contributed by atoms with van der Waals surface area (Å²) in [4.78, 5) is 27.9. The summed E-state index contributed by atoms with van der Waals surface area (Å²) >= 11 is 6.86. The van der Waals surface area contributed by atoms with Crippen LogP contribution in [0.4, 0.5) is 16.2 Å². The number of benzene rings is 2. The van der Waals surface area contributed by atoms with Crippen molar-refractivity contribution >= 4 is 51.1 Å². The van der Waals surface area contributed by atoms with Crippen LogP contribution in [0.25, 0.3) is 32.9 Å². The SMILES string of the molecule is C.C=CC(=O)N1C[C@H](C)N(c2nc(N3CC(N)C3)nc3c(F)c(-c4c(C)ccc5cn[nH]c45)c(Cl)cc23)C[C@H]1C. The van der Waals surface area contributed by atoms with Gasteiger partial charge in [0.25, 0.3) is 0 Å². The van der Waals surface area contributed by atoms with Crippen molar-refractivity contribution in [1.29, 1.82) is 0 Å². The van der Waals surface area contributed by atoms with Crippen LogP contribution in [0.2, 0.25) is 5.02 Å². The second-order valence-electron chi connectivity index (χ2n) is 10.6. The van der Waals surface area contributed by atoms with Gasteiger partial charge in [0.15, 0.2) is 5.82 Å². The summed E-state index contributed by atoms with van der Waals surface area (Å²) in [7, 11) is 0. The second kappa shape index (κ2) is 10.3. The Kier molecular flexibility index (Phi) is 7.18. The van der Waals surface area contributed by atoms with Gasteiger partial charge in [-0.2, -0.15) is 10.1 Å². The number of hydrogen-bond donors (Lipinski definition) is 2. The largest absolute Gasteiger partial charge is 0.349 e. The number of carbonyl (C=O) groups is 1. The van der Waals surface area contributed by atoms with Crippen molar-refractivity contribution in [3.05, 3.63) is 53.5 Å². The second-order valence-corrected chi connectivity index (χ2v) is 11.0. The Hall–Kier alpha value is -3.76. The number of H-pyrrole nitrogens is 1.